The Hall–Kier alpha value is -2.74. The number of benzene rings is 1. The number of rotatable bonds is 4. The lowest BCUT2D eigenvalue weighted by atomic mass is 10.1. The number of aromatic amines is 1. The van der Waals surface area contributed by atoms with E-state index in [1.807, 2.05) is 4.90 Å². The largest absolute Gasteiger partial charge is 0.493 e. The molecular weight excluding hydrogens is 312 g/mol. The lowest BCUT2D eigenvalue weighted by molar-refractivity contribution is 0.122. The van der Waals surface area contributed by atoms with E-state index in [4.69, 9.17) is 19.9 Å². The van der Waals surface area contributed by atoms with E-state index in [-0.39, 0.29) is 11.4 Å². The summed E-state index contributed by atoms with van der Waals surface area (Å²) in [6.45, 7) is 2.53. The number of anilines is 2. The van der Waals surface area contributed by atoms with Crippen LogP contribution in [0.1, 0.15) is 0 Å². The van der Waals surface area contributed by atoms with Gasteiger partial charge in [0.1, 0.15) is 5.82 Å². The van der Waals surface area contributed by atoms with Gasteiger partial charge in [0.05, 0.1) is 33.0 Å². The lowest BCUT2D eigenvalue weighted by Crippen LogP contribution is -2.38. The Balaban J connectivity index is 2.01. The molecule has 0 spiro atoms. The average Bonchev–Trinajstić information content (AvgIpc) is 2.61. The summed E-state index contributed by atoms with van der Waals surface area (Å²) < 4.78 is 15.8. The fourth-order valence-corrected chi connectivity index (χ4v) is 2.67. The second-order valence-electron chi connectivity index (χ2n) is 5.32. The van der Waals surface area contributed by atoms with Crippen molar-refractivity contribution in [3.05, 3.63) is 28.6 Å². The maximum Gasteiger partial charge on any atom is 0.262 e. The van der Waals surface area contributed by atoms with E-state index in [0.717, 1.165) is 0 Å². The summed E-state index contributed by atoms with van der Waals surface area (Å²) in [6, 6.07) is 5.18. The predicted octanol–water partition coefficient (Wildman–Crippen LogP) is 0.873. The normalized spacial score (nSPS) is 14.5. The zero-order valence-corrected chi connectivity index (χ0v) is 13.7. The number of ether oxygens (including phenoxy) is 3. The van der Waals surface area contributed by atoms with Gasteiger partial charge in [-0.05, 0) is 17.7 Å². The van der Waals surface area contributed by atoms with E-state index in [2.05, 4.69) is 9.97 Å². The van der Waals surface area contributed by atoms with E-state index in [9.17, 15) is 4.79 Å². The molecule has 24 heavy (non-hydrogen) atoms. The third-order valence-corrected chi connectivity index (χ3v) is 3.92. The fraction of sp³-hybridized carbons (Fsp3) is 0.375. The van der Waals surface area contributed by atoms with E-state index < -0.39 is 0 Å². The number of H-pyrrole nitrogens is 1. The Labute approximate surface area is 139 Å². The number of aromatic nitrogens is 2. The van der Waals surface area contributed by atoms with Crippen molar-refractivity contribution >= 4 is 11.8 Å². The maximum absolute atomic E-state index is 12.6. The van der Waals surface area contributed by atoms with E-state index in [0.29, 0.717) is 54.9 Å². The number of hydrogen-bond acceptors (Lipinski definition) is 7. The van der Waals surface area contributed by atoms with Gasteiger partial charge in [0.25, 0.3) is 5.56 Å². The highest BCUT2D eigenvalue weighted by molar-refractivity contribution is 5.75. The van der Waals surface area contributed by atoms with Crippen LogP contribution in [-0.2, 0) is 4.74 Å². The van der Waals surface area contributed by atoms with Crippen LogP contribution in [-0.4, -0.2) is 50.5 Å². The van der Waals surface area contributed by atoms with Crippen LogP contribution < -0.4 is 25.7 Å². The number of methoxy groups -OCH3 is 2. The highest BCUT2D eigenvalue weighted by atomic mass is 16.5. The molecule has 8 heteroatoms. The first-order valence-corrected chi connectivity index (χ1v) is 7.59. The third kappa shape index (κ3) is 3.00. The fourth-order valence-electron chi connectivity index (χ4n) is 2.67. The molecule has 0 radical (unpaired) electrons. The summed E-state index contributed by atoms with van der Waals surface area (Å²) in [6.07, 6.45) is 0. The van der Waals surface area contributed by atoms with Crippen molar-refractivity contribution in [1.82, 2.24) is 9.97 Å². The van der Waals surface area contributed by atoms with Gasteiger partial charge in [-0.1, -0.05) is 6.07 Å². The molecule has 0 amide bonds. The van der Waals surface area contributed by atoms with Crippen molar-refractivity contribution < 1.29 is 14.2 Å². The van der Waals surface area contributed by atoms with Crippen molar-refractivity contribution in [2.45, 2.75) is 0 Å². The standard InChI is InChI=1S/C16H20N4O4/c1-22-11-4-3-10(9-12(11)23-2)13-14(17)18-16(19-15(13)21)20-5-7-24-8-6-20/h3-4,9H,5-8H2,1-2H3,(H3,17,18,19,21). The summed E-state index contributed by atoms with van der Waals surface area (Å²) in [7, 11) is 3.09. The molecule has 8 nitrogen and oxygen atoms in total. The third-order valence-electron chi connectivity index (χ3n) is 3.92. The first-order chi connectivity index (χ1) is 11.6. The highest BCUT2D eigenvalue weighted by Gasteiger charge is 2.18. The van der Waals surface area contributed by atoms with Crippen molar-refractivity contribution in [2.75, 3.05) is 51.2 Å². The number of nitrogens with zero attached hydrogens (tertiary/aromatic N) is 2. The van der Waals surface area contributed by atoms with Gasteiger partial charge in [-0.2, -0.15) is 4.98 Å². The molecule has 1 aromatic heterocycles. The number of morpholine rings is 1. The molecule has 2 aromatic rings. The van der Waals surface area contributed by atoms with Crippen LogP contribution >= 0.6 is 0 Å². The summed E-state index contributed by atoms with van der Waals surface area (Å²) in [5, 5.41) is 0. The Morgan fingerprint density at radius 3 is 2.54 bits per heavy atom. The van der Waals surface area contributed by atoms with Gasteiger partial charge in [-0.15, -0.1) is 0 Å². The van der Waals surface area contributed by atoms with Gasteiger partial charge < -0.3 is 24.8 Å². The smallest absolute Gasteiger partial charge is 0.262 e. The molecule has 2 heterocycles. The van der Waals surface area contributed by atoms with Gasteiger partial charge in [0, 0.05) is 13.1 Å². The topological polar surface area (TPSA) is 103 Å². The maximum atomic E-state index is 12.6. The Bertz CT molecular complexity index is 784. The van der Waals surface area contributed by atoms with Gasteiger partial charge in [-0.3, -0.25) is 9.78 Å². The van der Waals surface area contributed by atoms with Crippen molar-refractivity contribution in [3.8, 4) is 22.6 Å². The number of nitrogens with two attached hydrogens (primary N) is 1. The first-order valence-electron chi connectivity index (χ1n) is 7.59. The molecule has 3 N–H and O–H groups in total. The second-order valence-corrected chi connectivity index (χ2v) is 5.32. The van der Waals surface area contributed by atoms with Gasteiger partial charge in [0.2, 0.25) is 5.95 Å². The molecule has 1 aliphatic rings. The van der Waals surface area contributed by atoms with Gasteiger partial charge in [0.15, 0.2) is 11.5 Å². The monoisotopic (exact) mass is 332 g/mol. The molecule has 1 fully saturated rings. The minimum atomic E-state index is -0.295. The predicted molar refractivity (Wildman–Crippen MR) is 90.8 cm³/mol. The molecule has 0 atom stereocenters. The first kappa shape index (κ1) is 16.1. The molecule has 0 unspecified atom stereocenters. The number of nitrogen functional groups attached to an aromatic ring is 1. The quantitative estimate of drug-likeness (QED) is 0.856. The molecule has 0 saturated carbocycles. The van der Waals surface area contributed by atoms with Crippen molar-refractivity contribution in [1.29, 1.82) is 0 Å². The van der Waals surface area contributed by atoms with Crippen LogP contribution in [0.3, 0.4) is 0 Å². The highest BCUT2D eigenvalue weighted by Crippen LogP contribution is 2.32. The van der Waals surface area contributed by atoms with Crippen LogP contribution in [0.4, 0.5) is 11.8 Å². The number of hydrogen-bond donors (Lipinski definition) is 2. The molecule has 128 valence electrons. The summed E-state index contributed by atoms with van der Waals surface area (Å²) in [4.78, 5) is 21.7. The Morgan fingerprint density at radius 2 is 1.92 bits per heavy atom. The summed E-state index contributed by atoms with van der Waals surface area (Å²) in [5.41, 5.74) is 6.70. The minimum Gasteiger partial charge on any atom is -0.493 e. The zero-order chi connectivity index (χ0) is 17.1. The van der Waals surface area contributed by atoms with E-state index >= 15 is 0 Å². The van der Waals surface area contributed by atoms with Gasteiger partial charge >= 0.3 is 0 Å². The average molecular weight is 332 g/mol. The van der Waals surface area contributed by atoms with Crippen LogP contribution in [0.25, 0.3) is 11.1 Å². The molecule has 1 saturated heterocycles. The van der Waals surface area contributed by atoms with Crippen LogP contribution in [0, 0.1) is 0 Å². The van der Waals surface area contributed by atoms with Crippen LogP contribution in [0.5, 0.6) is 11.5 Å². The lowest BCUT2D eigenvalue weighted by Gasteiger charge is -2.27. The Kier molecular flexibility index (Phi) is 4.57. The van der Waals surface area contributed by atoms with Crippen LogP contribution in [0.15, 0.2) is 23.0 Å². The van der Waals surface area contributed by atoms with Crippen LogP contribution in [0.2, 0.25) is 0 Å². The van der Waals surface area contributed by atoms with Gasteiger partial charge in [-0.25, -0.2) is 0 Å². The minimum absolute atomic E-state index is 0.174. The molecule has 3 rings (SSSR count). The summed E-state index contributed by atoms with van der Waals surface area (Å²) in [5.74, 6) is 1.73. The molecule has 0 aliphatic carbocycles. The SMILES string of the molecule is COc1ccc(-c2c(N)nc(N3CCOCC3)[nH]c2=O)cc1OC. The second kappa shape index (κ2) is 6.79. The zero-order valence-electron chi connectivity index (χ0n) is 13.7. The van der Waals surface area contributed by atoms with Crippen molar-refractivity contribution in [3.63, 3.8) is 0 Å². The Morgan fingerprint density at radius 1 is 1.21 bits per heavy atom. The molecule has 1 aromatic carbocycles. The van der Waals surface area contributed by atoms with E-state index in [1.54, 1.807) is 25.3 Å². The number of nitrogens with one attached hydrogen (secondary N) is 1. The molecule has 1 aliphatic heterocycles. The van der Waals surface area contributed by atoms with E-state index in [1.165, 1.54) is 7.11 Å². The van der Waals surface area contributed by atoms with Crippen molar-refractivity contribution in [2.24, 2.45) is 0 Å². The summed E-state index contributed by atoms with van der Waals surface area (Å²) >= 11 is 0. The molecule has 0 bridgehead atoms. The molecular formula is C16H20N4O4.